The van der Waals surface area contributed by atoms with E-state index in [0.717, 1.165) is 5.56 Å². The van der Waals surface area contributed by atoms with Gasteiger partial charge >= 0.3 is 0 Å². The Bertz CT molecular complexity index is 767. The van der Waals surface area contributed by atoms with E-state index in [1.54, 1.807) is 28.9 Å². The highest BCUT2D eigenvalue weighted by atomic mass is 19.1. The summed E-state index contributed by atoms with van der Waals surface area (Å²) < 4.78 is 18.2. The molecule has 1 saturated heterocycles. The molecule has 0 atom stereocenters. The van der Waals surface area contributed by atoms with Gasteiger partial charge in [-0.15, -0.1) is 10.2 Å². The van der Waals surface area contributed by atoms with Crippen molar-refractivity contribution in [2.24, 2.45) is 0 Å². The first kappa shape index (κ1) is 18.0. The van der Waals surface area contributed by atoms with Gasteiger partial charge in [-0.25, -0.2) is 4.39 Å². The van der Waals surface area contributed by atoms with E-state index in [1.807, 2.05) is 0 Å². The number of carbonyl (C=O) groups is 2. The third-order valence-corrected chi connectivity index (χ3v) is 4.37. The predicted molar refractivity (Wildman–Crippen MR) is 90.6 cm³/mol. The largest absolute Gasteiger partial charge is 0.426 e. The average Bonchev–Trinajstić information content (AvgIpc) is 3.07. The molecular weight excluding hydrogens is 339 g/mol. The number of aromatic nitrogens is 2. The molecule has 1 fully saturated rings. The van der Waals surface area contributed by atoms with Gasteiger partial charge in [0.05, 0.1) is 6.42 Å². The summed E-state index contributed by atoms with van der Waals surface area (Å²) in [5, 5.41) is 7.62. The minimum Gasteiger partial charge on any atom is -0.426 e. The van der Waals surface area contributed by atoms with E-state index >= 15 is 0 Å². The summed E-state index contributed by atoms with van der Waals surface area (Å²) in [5.41, 5.74) is 0.782. The molecule has 138 valence electrons. The molecule has 0 aliphatic carbocycles. The van der Waals surface area contributed by atoms with Gasteiger partial charge in [-0.05, 0) is 17.7 Å². The summed E-state index contributed by atoms with van der Waals surface area (Å²) in [6, 6.07) is 5.94. The van der Waals surface area contributed by atoms with Crippen LogP contribution in [-0.4, -0.2) is 58.0 Å². The molecule has 2 heterocycles. The molecule has 2 aromatic rings. The summed E-state index contributed by atoms with van der Waals surface area (Å²) in [5.74, 6) is 0.644. The maximum Gasteiger partial charge on any atom is 0.227 e. The van der Waals surface area contributed by atoms with Crippen LogP contribution in [0.4, 0.5) is 4.39 Å². The molecule has 1 aliphatic heterocycles. The summed E-state index contributed by atoms with van der Waals surface area (Å²) in [6.07, 6.45) is 0.972. The van der Waals surface area contributed by atoms with Crippen molar-refractivity contribution in [2.45, 2.75) is 26.2 Å². The van der Waals surface area contributed by atoms with Gasteiger partial charge in [0.2, 0.25) is 23.6 Å². The first-order valence-corrected chi connectivity index (χ1v) is 8.60. The lowest BCUT2D eigenvalue weighted by Crippen LogP contribution is -2.51. The normalized spacial score (nSPS) is 14.5. The minimum absolute atomic E-state index is 0.00922. The van der Waals surface area contributed by atoms with Gasteiger partial charge in [-0.3, -0.25) is 9.59 Å². The molecule has 1 aliphatic rings. The van der Waals surface area contributed by atoms with Crippen LogP contribution in [0.15, 0.2) is 28.7 Å². The fourth-order valence-electron chi connectivity index (χ4n) is 2.90. The third kappa shape index (κ3) is 4.65. The Hall–Kier alpha value is -2.77. The topological polar surface area (TPSA) is 79.5 Å². The van der Waals surface area contributed by atoms with Crippen LogP contribution in [0, 0.1) is 12.7 Å². The number of aryl methyl sites for hydroxylation is 2. The third-order valence-electron chi connectivity index (χ3n) is 4.37. The molecule has 0 bridgehead atoms. The quantitative estimate of drug-likeness (QED) is 0.804. The van der Waals surface area contributed by atoms with Gasteiger partial charge in [0.25, 0.3) is 0 Å². The summed E-state index contributed by atoms with van der Waals surface area (Å²) >= 11 is 0. The lowest BCUT2D eigenvalue weighted by molar-refractivity contribution is -0.139. The molecule has 0 spiro atoms. The highest BCUT2D eigenvalue weighted by Gasteiger charge is 2.24. The van der Waals surface area contributed by atoms with E-state index in [9.17, 15) is 14.0 Å². The molecule has 8 heteroatoms. The van der Waals surface area contributed by atoms with Gasteiger partial charge in [0, 0.05) is 45.9 Å². The van der Waals surface area contributed by atoms with E-state index < -0.39 is 0 Å². The van der Waals surface area contributed by atoms with Crippen molar-refractivity contribution in [3.8, 4) is 0 Å². The van der Waals surface area contributed by atoms with E-state index in [0.29, 0.717) is 50.8 Å². The van der Waals surface area contributed by atoms with E-state index in [1.165, 1.54) is 12.1 Å². The lowest BCUT2D eigenvalue weighted by atomic mass is 10.1. The van der Waals surface area contributed by atoms with Gasteiger partial charge in [-0.1, -0.05) is 12.1 Å². The molecule has 3 rings (SSSR count). The van der Waals surface area contributed by atoms with Crippen molar-refractivity contribution < 1.29 is 18.4 Å². The molecule has 0 unspecified atom stereocenters. The SMILES string of the molecule is Cc1nnc(CCC(=O)N2CCN(C(=O)Cc3ccc(F)cc3)CC2)o1. The van der Waals surface area contributed by atoms with Crippen LogP contribution in [0.2, 0.25) is 0 Å². The molecule has 1 aromatic heterocycles. The maximum atomic E-state index is 12.9. The number of benzene rings is 1. The Kier molecular flexibility index (Phi) is 5.60. The fraction of sp³-hybridized carbons (Fsp3) is 0.444. The maximum absolute atomic E-state index is 12.9. The zero-order valence-corrected chi connectivity index (χ0v) is 14.7. The standard InChI is InChI=1S/C18H21FN4O3/c1-13-20-21-16(26-13)6-7-17(24)22-8-10-23(11-9-22)18(25)12-14-2-4-15(19)5-3-14/h2-5H,6-12H2,1H3. The Labute approximate surface area is 150 Å². The number of nitrogens with zero attached hydrogens (tertiary/aromatic N) is 4. The van der Waals surface area contributed by atoms with Crippen LogP contribution in [0.1, 0.15) is 23.8 Å². The van der Waals surface area contributed by atoms with Crippen molar-refractivity contribution in [1.29, 1.82) is 0 Å². The van der Waals surface area contributed by atoms with Crippen molar-refractivity contribution in [1.82, 2.24) is 20.0 Å². The fourth-order valence-corrected chi connectivity index (χ4v) is 2.90. The smallest absolute Gasteiger partial charge is 0.227 e. The number of piperazine rings is 1. The zero-order valence-electron chi connectivity index (χ0n) is 14.7. The summed E-state index contributed by atoms with van der Waals surface area (Å²) in [7, 11) is 0. The first-order chi connectivity index (χ1) is 12.5. The second-order valence-electron chi connectivity index (χ2n) is 6.28. The van der Waals surface area contributed by atoms with E-state index in [2.05, 4.69) is 10.2 Å². The second-order valence-corrected chi connectivity index (χ2v) is 6.28. The molecule has 0 radical (unpaired) electrons. The first-order valence-electron chi connectivity index (χ1n) is 8.60. The summed E-state index contributed by atoms with van der Waals surface area (Å²) in [4.78, 5) is 28.1. The van der Waals surface area contributed by atoms with Crippen molar-refractivity contribution in [3.05, 3.63) is 47.4 Å². The lowest BCUT2D eigenvalue weighted by Gasteiger charge is -2.35. The monoisotopic (exact) mass is 360 g/mol. The highest BCUT2D eigenvalue weighted by molar-refractivity contribution is 5.80. The number of halogens is 1. The average molecular weight is 360 g/mol. The molecule has 26 heavy (non-hydrogen) atoms. The van der Waals surface area contributed by atoms with Crippen LogP contribution in [0.3, 0.4) is 0 Å². The molecule has 0 N–H and O–H groups in total. The van der Waals surface area contributed by atoms with Gasteiger partial charge in [0.1, 0.15) is 5.82 Å². The molecule has 2 amide bonds. The van der Waals surface area contributed by atoms with Gasteiger partial charge in [0.15, 0.2) is 0 Å². The van der Waals surface area contributed by atoms with Gasteiger partial charge < -0.3 is 14.2 Å². The second kappa shape index (κ2) is 8.07. The van der Waals surface area contributed by atoms with Crippen LogP contribution in [-0.2, 0) is 22.4 Å². The zero-order chi connectivity index (χ0) is 18.5. The Morgan fingerprint density at radius 2 is 1.65 bits per heavy atom. The molecule has 7 nitrogen and oxygen atoms in total. The Morgan fingerprint density at radius 1 is 1.04 bits per heavy atom. The number of hydrogen-bond donors (Lipinski definition) is 0. The van der Waals surface area contributed by atoms with Gasteiger partial charge in [-0.2, -0.15) is 0 Å². The number of amides is 2. The van der Waals surface area contributed by atoms with Crippen LogP contribution < -0.4 is 0 Å². The molecule has 1 aromatic carbocycles. The molecule has 0 saturated carbocycles. The van der Waals surface area contributed by atoms with Crippen LogP contribution >= 0.6 is 0 Å². The summed E-state index contributed by atoms with van der Waals surface area (Å²) in [6.45, 7) is 3.74. The van der Waals surface area contributed by atoms with Crippen molar-refractivity contribution in [3.63, 3.8) is 0 Å². The van der Waals surface area contributed by atoms with Crippen LogP contribution in [0.5, 0.6) is 0 Å². The molecular formula is C18H21FN4O3. The van der Waals surface area contributed by atoms with Crippen molar-refractivity contribution in [2.75, 3.05) is 26.2 Å². The van der Waals surface area contributed by atoms with Crippen LogP contribution in [0.25, 0.3) is 0 Å². The minimum atomic E-state index is -0.316. The van der Waals surface area contributed by atoms with E-state index in [-0.39, 0.29) is 24.1 Å². The number of rotatable bonds is 5. The van der Waals surface area contributed by atoms with Crippen molar-refractivity contribution >= 4 is 11.8 Å². The highest BCUT2D eigenvalue weighted by Crippen LogP contribution is 2.10. The number of carbonyl (C=O) groups excluding carboxylic acids is 2. The Balaban J connectivity index is 1.43. The predicted octanol–water partition coefficient (Wildman–Crippen LogP) is 1.36. The number of hydrogen-bond acceptors (Lipinski definition) is 5. The van der Waals surface area contributed by atoms with E-state index in [4.69, 9.17) is 4.42 Å². The Morgan fingerprint density at radius 3 is 2.23 bits per heavy atom.